The zero-order valence-electron chi connectivity index (χ0n) is 10.7. The molecular weight excluding hydrogens is 232 g/mol. The molecule has 0 aromatic carbocycles. The van der Waals surface area contributed by atoms with Crippen LogP contribution < -0.4 is 5.73 Å². The van der Waals surface area contributed by atoms with Crippen molar-refractivity contribution in [2.45, 2.75) is 38.4 Å². The number of hydrogen-bond donors (Lipinski definition) is 1. The maximum Gasteiger partial charge on any atom is 0.0663 e. The number of ether oxygens (including phenoxy) is 1. The minimum absolute atomic E-state index is 0.0398. The number of rotatable bonds is 5. The fourth-order valence-electron chi connectivity index (χ4n) is 2.57. The topological polar surface area (TPSA) is 38.5 Å². The summed E-state index contributed by atoms with van der Waals surface area (Å²) in [7, 11) is 0. The highest BCUT2D eigenvalue weighted by Crippen LogP contribution is 2.29. The summed E-state index contributed by atoms with van der Waals surface area (Å²) >= 11 is 1.81. The van der Waals surface area contributed by atoms with Crippen molar-refractivity contribution in [3.05, 3.63) is 22.4 Å². The van der Waals surface area contributed by atoms with Crippen molar-refractivity contribution in [2.24, 2.45) is 5.73 Å². The lowest BCUT2D eigenvalue weighted by atomic mass is 9.94. The molecule has 3 nitrogen and oxygen atoms in total. The van der Waals surface area contributed by atoms with E-state index in [0.29, 0.717) is 12.6 Å². The van der Waals surface area contributed by atoms with Crippen molar-refractivity contribution in [3.63, 3.8) is 0 Å². The van der Waals surface area contributed by atoms with Crippen molar-refractivity contribution < 1.29 is 4.74 Å². The molecule has 1 aromatic rings. The fraction of sp³-hybridized carbons (Fsp3) is 0.692. The van der Waals surface area contributed by atoms with Gasteiger partial charge in [-0.3, -0.25) is 4.90 Å². The lowest BCUT2D eigenvalue weighted by molar-refractivity contribution is 0.0405. The number of hydrogen-bond acceptors (Lipinski definition) is 4. The summed E-state index contributed by atoms with van der Waals surface area (Å²) in [6.45, 7) is 7.75. The Morgan fingerprint density at radius 1 is 1.59 bits per heavy atom. The fourth-order valence-corrected chi connectivity index (χ4v) is 3.27. The third kappa shape index (κ3) is 2.71. The molecule has 1 unspecified atom stereocenters. The van der Waals surface area contributed by atoms with Crippen LogP contribution in [0.25, 0.3) is 0 Å². The highest BCUT2D eigenvalue weighted by Gasteiger charge is 2.40. The zero-order valence-corrected chi connectivity index (χ0v) is 11.5. The molecule has 0 spiro atoms. The summed E-state index contributed by atoms with van der Waals surface area (Å²) in [4.78, 5) is 3.91. The standard InChI is InChI=1S/C13H22N2OS/c1-11(2)15(8-12-4-3-7-17-12)13(9-14)5-6-16-10-13/h3-4,7,11H,5-6,8-10,14H2,1-2H3. The van der Waals surface area contributed by atoms with E-state index in [-0.39, 0.29) is 5.54 Å². The second-order valence-corrected chi connectivity index (χ2v) is 6.06. The second-order valence-electron chi connectivity index (χ2n) is 5.03. The summed E-state index contributed by atoms with van der Waals surface area (Å²) in [5.74, 6) is 0. The Hall–Kier alpha value is -0.420. The van der Waals surface area contributed by atoms with E-state index in [0.717, 1.165) is 26.2 Å². The van der Waals surface area contributed by atoms with Crippen LogP contribution in [-0.4, -0.2) is 36.2 Å². The first kappa shape index (κ1) is 13.0. The molecule has 17 heavy (non-hydrogen) atoms. The number of nitrogens with zero attached hydrogens (tertiary/aromatic N) is 1. The normalized spacial score (nSPS) is 25.0. The van der Waals surface area contributed by atoms with E-state index in [4.69, 9.17) is 10.5 Å². The van der Waals surface area contributed by atoms with E-state index >= 15 is 0 Å². The molecule has 1 aliphatic rings. The third-order valence-electron chi connectivity index (χ3n) is 3.60. The Kier molecular flexibility index (Phi) is 4.20. The average Bonchev–Trinajstić information content (AvgIpc) is 2.97. The van der Waals surface area contributed by atoms with Crippen molar-refractivity contribution in [3.8, 4) is 0 Å². The molecule has 1 atom stereocenters. The van der Waals surface area contributed by atoms with Crippen molar-refractivity contribution in [1.29, 1.82) is 0 Å². The lowest BCUT2D eigenvalue weighted by Crippen LogP contribution is -2.56. The Bertz CT molecular complexity index is 331. The van der Waals surface area contributed by atoms with E-state index in [1.807, 2.05) is 11.3 Å². The van der Waals surface area contributed by atoms with Gasteiger partial charge in [0.2, 0.25) is 0 Å². The molecule has 96 valence electrons. The van der Waals surface area contributed by atoms with Gasteiger partial charge in [-0.25, -0.2) is 0 Å². The number of thiophene rings is 1. The summed E-state index contributed by atoms with van der Waals surface area (Å²) < 4.78 is 5.58. The molecule has 0 saturated carbocycles. The largest absolute Gasteiger partial charge is 0.379 e. The minimum atomic E-state index is 0.0398. The molecule has 2 rings (SSSR count). The van der Waals surface area contributed by atoms with E-state index in [1.54, 1.807) is 0 Å². The Labute approximate surface area is 108 Å². The second kappa shape index (κ2) is 5.48. The Morgan fingerprint density at radius 3 is 2.88 bits per heavy atom. The first-order valence-electron chi connectivity index (χ1n) is 6.25. The van der Waals surface area contributed by atoms with Gasteiger partial charge in [-0.05, 0) is 31.7 Å². The van der Waals surface area contributed by atoms with Crippen molar-refractivity contribution in [2.75, 3.05) is 19.8 Å². The first-order chi connectivity index (χ1) is 8.18. The summed E-state index contributed by atoms with van der Waals surface area (Å²) in [5.41, 5.74) is 6.06. The molecule has 1 fully saturated rings. The Balaban J connectivity index is 2.16. The molecule has 1 aromatic heterocycles. The molecule has 0 radical (unpaired) electrons. The highest BCUT2D eigenvalue weighted by atomic mass is 32.1. The minimum Gasteiger partial charge on any atom is -0.379 e. The van der Waals surface area contributed by atoms with Gasteiger partial charge in [-0.15, -0.1) is 11.3 Å². The van der Waals surface area contributed by atoms with Crippen molar-refractivity contribution >= 4 is 11.3 Å². The van der Waals surface area contributed by atoms with Crippen LogP contribution in [0.4, 0.5) is 0 Å². The predicted octanol–water partition coefficient (Wildman–Crippen LogP) is 2.08. The molecule has 0 amide bonds. The monoisotopic (exact) mass is 254 g/mol. The van der Waals surface area contributed by atoms with Crippen LogP contribution in [0, 0.1) is 0 Å². The molecule has 4 heteroatoms. The van der Waals surface area contributed by atoms with Crippen LogP contribution in [0.15, 0.2) is 17.5 Å². The van der Waals surface area contributed by atoms with Crippen LogP contribution in [0.1, 0.15) is 25.1 Å². The number of nitrogens with two attached hydrogens (primary N) is 1. The van der Waals surface area contributed by atoms with Crippen LogP contribution in [-0.2, 0) is 11.3 Å². The average molecular weight is 254 g/mol. The van der Waals surface area contributed by atoms with E-state index in [2.05, 4.69) is 36.3 Å². The molecule has 2 heterocycles. The smallest absolute Gasteiger partial charge is 0.0663 e. The first-order valence-corrected chi connectivity index (χ1v) is 7.13. The highest BCUT2D eigenvalue weighted by molar-refractivity contribution is 7.09. The maximum absolute atomic E-state index is 6.02. The molecule has 2 N–H and O–H groups in total. The van der Waals surface area contributed by atoms with Gasteiger partial charge in [-0.2, -0.15) is 0 Å². The van der Waals surface area contributed by atoms with E-state index < -0.39 is 0 Å². The van der Waals surface area contributed by atoms with Gasteiger partial charge >= 0.3 is 0 Å². The van der Waals surface area contributed by atoms with Gasteiger partial charge < -0.3 is 10.5 Å². The molecule has 0 bridgehead atoms. The lowest BCUT2D eigenvalue weighted by Gasteiger charge is -2.42. The van der Waals surface area contributed by atoms with Gasteiger partial charge in [0.1, 0.15) is 0 Å². The molecule has 1 saturated heterocycles. The predicted molar refractivity (Wildman–Crippen MR) is 72.2 cm³/mol. The zero-order chi connectivity index (χ0) is 12.3. The van der Waals surface area contributed by atoms with Crippen molar-refractivity contribution in [1.82, 2.24) is 4.90 Å². The summed E-state index contributed by atoms with van der Waals surface area (Å²) in [5, 5.41) is 2.13. The van der Waals surface area contributed by atoms with Gasteiger partial charge in [-0.1, -0.05) is 6.07 Å². The Morgan fingerprint density at radius 2 is 2.41 bits per heavy atom. The van der Waals surface area contributed by atoms with Gasteiger partial charge in [0.05, 0.1) is 12.1 Å². The van der Waals surface area contributed by atoms with Gasteiger partial charge in [0.25, 0.3) is 0 Å². The quantitative estimate of drug-likeness (QED) is 0.874. The molecule has 1 aliphatic heterocycles. The molecule has 0 aliphatic carbocycles. The van der Waals surface area contributed by atoms with E-state index in [9.17, 15) is 0 Å². The summed E-state index contributed by atoms with van der Waals surface area (Å²) in [6, 6.07) is 4.79. The molecular formula is C13H22N2OS. The SMILES string of the molecule is CC(C)N(Cc1cccs1)C1(CN)CCOC1. The van der Waals surface area contributed by atoms with Crippen LogP contribution >= 0.6 is 11.3 Å². The maximum atomic E-state index is 6.02. The van der Waals surface area contributed by atoms with Crippen LogP contribution in [0.3, 0.4) is 0 Å². The van der Waals surface area contributed by atoms with Crippen LogP contribution in [0.2, 0.25) is 0 Å². The van der Waals surface area contributed by atoms with Crippen LogP contribution in [0.5, 0.6) is 0 Å². The third-order valence-corrected chi connectivity index (χ3v) is 4.46. The van der Waals surface area contributed by atoms with Gasteiger partial charge in [0, 0.05) is 30.6 Å². The summed E-state index contributed by atoms with van der Waals surface area (Å²) in [6.07, 6.45) is 1.05. The van der Waals surface area contributed by atoms with Gasteiger partial charge in [0.15, 0.2) is 0 Å². The van der Waals surface area contributed by atoms with E-state index in [1.165, 1.54) is 4.88 Å².